The molecule has 0 aliphatic rings. The van der Waals surface area contributed by atoms with E-state index in [9.17, 15) is 13.6 Å². The third kappa shape index (κ3) is 4.26. The number of halogens is 2. The molecule has 0 aliphatic heterocycles. The van der Waals surface area contributed by atoms with Gasteiger partial charge in [-0.05, 0) is 17.7 Å². The van der Waals surface area contributed by atoms with E-state index in [4.69, 9.17) is 5.53 Å². The van der Waals surface area contributed by atoms with Crippen LogP contribution >= 0.6 is 0 Å². The molecule has 0 aliphatic carbocycles. The highest BCUT2D eigenvalue weighted by Crippen LogP contribution is 2.19. The quantitative estimate of drug-likeness (QED) is 0.366. The Bertz CT molecular complexity index is 461. The summed E-state index contributed by atoms with van der Waals surface area (Å²) in [6.07, 6.45) is 0. The molecule has 0 aromatic heterocycles. The van der Waals surface area contributed by atoms with Crippen molar-refractivity contribution >= 4 is 5.91 Å². The maximum Gasteiger partial charge on any atom is 0.387 e. The Hall–Kier alpha value is -2.34. The minimum atomic E-state index is -3.00. The van der Waals surface area contributed by atoms with Crippen molar-refractivity contribution in [1.29, 1.82) is 0 Å². The molecule has 96 valence electrons. The van der Waals surface area contributed by atoms with Crippen molar-refractivity contribution in [2.24, 2.45) is 5.11 Å². The van der Waals surface area contributed by atoms with Crippen molar-refractivity contribution in [3.05, 3.63) is 40.3 Å². The first-order chi connectivity index (χ1) is 8.65. The number of rotatable bonds is 6. The smallest absolute Gasteiger partial charge is 0.387 e. The molecule has 0 fully saturated rings. The summed E-state index contributed by atoms with van der Waals surface area (Å²) in [6, 6.07) is 5.64. The Morgan fingerprint density at radius 1 is 1.50 bits per heavy atom. The van der Waals surface area contributed by atoms with E-state index in [1.165, 1.54) is 24.3 Å². The van der Waals surface area contributed by atoms with Gasteiger partial charge in [0.1, 0.15) is 5.75 Å². The number of amides is 1. The highest BCUT2D eigenvalue weighted by molar-refractivity contribution is 5.96. The lowest BCUT2D eigenvalue weighted by atomic mass is 10.2. The number of para-hydroxylation sites is 1. The third-order valence-corrected chi connectivity index (χ3v) is 1.91. The SMILES string of the molecule is [N-]=[N+]=NCCNC(=O)c1ccccc1OC(F)F. The highest BCUT2D eigenvalue weighted by Gasteiger charge is 2.14. The number of carbonyl (C=O) groups excluding carboxylic acids is 1. The van der Waals surface area contributed by atoms with Crippen molar-refractivity contribution in [3.63, 3.8) is 0 Å². The van der Waals surface area contributed by atoms with Crippen LogP contribution in [0.15, 0.2) is 29.4 Å². The second-order valence-corrected chi connectivity index (χ2v) is 3.09. The summed E-state index contributed by atoms with van der Waals surface area (Å²) in [7, 11) is 0. The third-order valence-electron chi connectivity index (χ3n) is 1.91. The van der Waals surface area contributed by atoms with Crippen molar-refractivity contribution in [2.75, 3.05) is 13.1 Å². The number of carbonyl (C=O) groups is 1. The second-order valence-electron chi connectivity index (χ2n) is 3.09. The Labute approximate surface area is 101 Å². The monoisotopic (exact) mass is 256 g/mol. The molecule has 0 radical (unpaired) electrons. The predicted octanol–water partition coefficient (Wildman–Crippen LogP) is 2.33. The van der Waals surface area contributed by atoms with Gasteiger partial charge >= 0.3 is 6.61 Å². The van der Waals surface area contributed by atoms with Crippen molar-refractivity contribution in [3.8, 4) is 5.75 Å². The first-order valence-corrected chi connectivity index (χ1v) is 4.98. The Kier molecular flexibility index (Phi) is 5.40. The average Bonchev–Trinajstić information content (AvgIpc) is 2.34. The molecule has 1 amide bonds. The zero-order chi connectivity index (χ0) is 13.4. The number of hydrogen-bond acceptors (Lipinski definition) is 3. The van der Waals surface area contributed by atoms with Crippen LogP contribution in [-0.4, -0.2) is 25.6 Å². The molecule has 1 rings (SSSR count). The summed E-state index contributed by atoms with van der Waals surface area (Å²) < 4.78 is 28.4. The minimum absolute atomic E-state index is 0.00117. The normalized spacial score (nSPS) is 9.72. The summed E-state index contributed by atoms with van der Waals surface area (Å²) in [4.78, 5) is 14.2. The zero-order valence-corrected chi connectivity index (χ0v) is 9.22. The van der Waals surface area contributed by atoms with E-state index in [0.29, 0.717) is 0 Å². The molecule has 0 saturated heterocycles. The van der Waals surface area contributed by atoms with Gasteiger partial charge in [-0.25, -0.2) is 0 Å². The van der Waals surface area contributed by atoms with Gasteiger partial charge < -0.3 is 10.1 Å². The van der Waals surface area contributed by atoms with Gasteiger partial charge in [-0.1, -0.05) is 17.2 Å². The number of ether oxygens (including phenoxy) is 1. The maximum absolute atomic E-state index is 12.1. The number of hydrogen-bond donors (Lipinski definition) is 1. The predicted molar refractivity (Wildman–Crippen MR) is 59.4 cm³/mol. The van der Waals surface area contributed by atoms with Crippen LogP contribution in [0.25, 0.3) is 10.4 Å². The maximum atomic E-state index is 12.1. The van der Waals surface area contributed by atoms with Crippen LogP contribution in [0.2, 0.25) is 0 Å². The lowest BCUT2D eigenvalue weighted by Gasteiger charge is -2.10. The number of benzene rings is 1. The van der Waals surface area contributed by atoms with Gasteiger partial charge in [-0.3, -0.25) is 4.79 Å². The molecule has 6 nitrogen and oxygen atoms in total. The fourth-order valence-electron chi connectivity index (χ4n) is 1.21. The molecule has 8 heteroatoms. The molecule has 0 spiro atoms. The Morgan fingerprint density at radius 2 is 2.22 bits per heavy atom. The molecular formula is C10H10F2N4O2. The summed E-state index contributed by atoms with van der Waals surface area (Å²) in [5.74, 6) is -0.770. The van der Waals surface area contributed by atoms with E-state index in [0.717, 1.165) is 0 Å². The number of alkyl halides is 2. The van der Waals surface area contributed by atoms with Gasteiger partial charge in [0.25, 0.3) is 5.91 Å². The van der Waals surface area contributed by atoms with E-state index in [2.05, 4.69) is 20.1 Å². The van der Waals surface area contributed by atoms with Crippen LogP contribution in [0, 0.1) is 0 Å². The zero-order valence-electron chi connectivity index (χ0n) is 9.22. The van der Waals surface area contributed by atoms with Crippen LogP contribution < -0.4 is 10.1 Å². The van der Waals surface area contributed by atoms with E-state index in [-0.39, 0.29) is 24.4 Å². The van der Waals surface area contributed by atoms with Crippen molar-refractivity contribution in [2.45, 2.75) is 6.61 Å². The fourth-order valence-corrected chi connectivity index (χ4v) is 1.21. The van der Waals surface area contributed by atoms with Crippen molar-refractivity contribution in [1.82, 2.24) is 5.32 Å². The lowest BCUT2D eigenvalue weighted by Crippen LogP contribution is -2.26. The van der Waals surface area contributed by atoms with Gasteiger partial charge in [-0.2, -0.15) is 8.78 Å². The van der Waals surface area contributed by atoms with Crippen molar-refractivity contribution < 1.29 is 18.3 Å². The minimum Gasteiger partial charge on any atom is -0.434 e. The standard InChI is InChI=1S/C10H10F2N4O2/c11-10(12)18-8-4-2-1-3-7(8)9(17)14-5-6-15-16-13/h1-4,10H,5-6H2,(H,14,17). The van der Waals surface area contributed by atoms with Crippen LogP contribution in [0.1, 0.15) is 10.4 Å². The fraction of sp³-hybridized carbons (Fsp3) is 0.300. The topological polar surface area (TPSA) is 87.1 Å². The molecule has 0 heterocycles. The molecule has 0 unspecified atom stereocenters. The van der Waals surface area contributed by atoms with Crippen LogP contribution in [0.4, 0.5) is 8.78 Å². The number of azide groups is 1. The van der Waals surface area contributed by atoms with Gasteiger partial charge in [0, 0.05) is 18.0 Å². The molecule has 1 aromatic carbocycles. The molecule has 1 aromatic rings. The van der Waals surface area contributed by atoms with Gasteiger partial charge in [0.15, 0.2) is 0 Å². The van der Waals surface area contributed by atoms with Gasteiger partial charge in [0.05, 0.1) is 5.56 Å². The first kappa shape index (κ1) is 13.7. The second kappa shape index (κ2) is 7.08. The lowest BCUT2D eigenvalue weighted by molar-refractivity contribution is -0.0501. The molecular weight excluding hydrogens is 246 g/mol. The first-order valence-electron chi connectivity index (χ1n) is 4.98. The number of nitrogens with zero attached hydrogens (tertiary/aromatic N) is 3. The van der Waals surface area contributed by atoms with Crippen LogP contribution in [0.5, 0.6) is 5.75 Å². The Balaban J connectivity index is 2.69. The molecule has 18 heavy (non-hydrogen) atoms. The summed E-state index contributed by atoms with van der Waals surface area (Å²) in [5.41, 5.74) is 8.03. The van der Waals surface area contributed by atoms with Gasteiger partial charge in [-0.15, -0.1) is 0 Å². The largest absolute Gasteiger partial charge is 0.434 e. The van der Waals surface area contributed by atoms with Crippen LogP contribution in [0.3, 0.4) is 0 Å². The molecule has 0 atom stereocenters. The van der Waals surface area contributed by atoms with Gasteiger partial charge in [0.2, 0.25) is 0 Å². The van der Waals surface area contributed by atoms with E-state index in [1.54, 1.807) is 0 Å². The molecule has 0 saturated carbocycles. The van der Waals surface area contributed by atoms with E-state index in [1.807, 2.05) is 0 Å². The Morgan fingerprint density at radius 3 is 2.89 bits per heavy atom. The highest BCUT2D eigenvalue weighted by atomic mass is 19.3. The molecule has 1 N–H and O–H groups in total. The summed E-state index contributed by atoms with van der Waals surface area (Å²) in [5, 5.41) is 5.64. The number of nitrogens with one attached hydrogen (secondary N) is 1. The molecule has 0 bridgehead atoms. The summed E-state index contributed by atoms with van der Waals surface area (Å²) >= 11 is 0. The summed E-state index contributed by atoms with van der Waals surface area (Å²) in [6.45, 7) is -2.80. The average molecular weight is 256 g/mol. The van der Waals surface area contributed by atoms with E-state index >= 15 is 0 Å². The van der Waals surface area contributed by atoms with Crippen LogP contribution in [-0.2, 0) is 0 Å². The van der Waals surface area contributed by atoms with E-state index < -0.39 is 12.5 Å².